The highest BCUT2D eigenvalue weighted by Gasteiger charge is 2.27. The average Bonchev–Trinajstić information content (AvgIpc) is 3.05. The number of imidazole rings is 1. The first-order valence-corrected chi connectivity index (χ1v) is 11.7. The van der Waals surface area contributed by atoms with E-state index in [4.69, 9.17) is 21.3 Å². The number of halogens is 1. The van der Waals surface area contributed by atoms with E-state index < -0.39 is 5.60 Å². The molecule has 3 aromatic rings. The van der Waals surface area contributed by atoms with Crippen LogP contribution in [-0.4, -0.2) is 39.2 Å². The van der Waals surface area contributed by atoms with Crippen molar-refractivity contribution in [3.05, 3.63) is 64.4 Å². The van der Waals surface area contributed by atoms with Crippen molar-refractivity contribution in [2.24, 2.45) is 5.92 Å². The van der Waals surface area contributed by atoms with Crippen LogP contribution in [0.5, 0.6) is 0 Å². The van der Waals surface area contributed by atoms with Crippen LogP contribution in [-0.2, 0) is 17.7 Å². The molecule has 1 aliphatic heterocycles. The van der Waals surface area contributed by atoms with Crippen molar-refractivity contribution >= 4 is 28.7 Å². The molecule has 0 N–H and O–H groups in total. The monoisotopic (exact) mass is 453 g/mol. The SMILES string of the molecule is Cc1ccc2c(c1)nc(Cc1ccc(Cl)cc1)n2CC1CCN(C(=O)OC(C)(C)C)CC1. The number of aromatic nitrogens is 2. The van der Waals surface area contributed by atoms with Gasteiger partial charge in [0.15, 0.2) is 0 Å². The number of hydrogen-bond acceptors (Lipinski definition) is 3. The minimum absolute atomic E-state index is 0.206. The molecule has 4 rings (SSSR count). The van der Waals surface area contributed by atoms with Crippen LogP contribution in [0.15, 0.2) is 42.5 Å². The number of benzene rings is 2. The number of hydrogen-bond donors (Lipinski definition) is 0. The number of likely N-dealkylation sites (tertiary alicyclic amines) is 1. The number of carbonyl (C=O) groups excluding carboxylic acids is 1. The van der Waals surface area contributed by atoms with Crippen LogP contribution in [0.1, 0.15) is 50.6 Å². The molecule has 32 heavy (non-hydrogen) atoms. The Hall–Kier alpha value is -2.53. The number of nitrogens with zero attached hydrogens (tertiary/aromatic N) is 3. The van der Waals surface area contributed by atoms with E-state index in [1.54, 1.807) is 0 Å². The van der Waals surface area contributed by atoms with Crippen LogP contribution < -0.4 is 0 Å². The number of ether oxygens (including phenoxy) is 1. The zero-order valence-electron chi connectivity index (χ0n) is 19.4. The third-order valence-corrected chi connectivity index (χ3v) is 6.22. The predicted octanol–water partition coefficient (Wildman–Crippen LogP) is 6.24. The van der Waals surface area contributed by atoms with Crippen LogP contribution in [0.3, 0.4) is 0 Å². The van der Waals surface area contributed by atoms with E-state index in [2.05, 4.69) is 41.8 Å². The Labute approximate surface area is 195 Å². The molecule has 2 aromatic carbocycles. The molecule has 6 heteroatoms. The zero-order valence-corrected chi connectivity index (χ0v) is 20.2. The Kier molecular flexibility index (Phi) is 6.47. The lowest BCUT2D eigenvalue weighted by molar-refractivity contribution is 0.0178. The second kappa shape index (κ2) is 9.14. The highest BCUT2D eigenvalue weighted by molar-refractivity contribution is 6.30. The molecule has 2 heterocycles. The minimum Gasteiger partial charge on any atom is -0.444 e. The minimum atomic E-state index is -0.460. The summed E-state index contributed by atoms with van der Waals surface area (Å²) >= 11 is 6.07. The molecular formula is C26H32ClN3O2. The first-order valence-electron chi connectivity index (χ1n) is 11.4. The van der Waals surface area contributed by atoms with Crippen molar-refractivity contribution in [2.75, 3.05) is 13.1 Å². The van der Waals surface area contributed by atoms with Crippen LogP contribution >= 0.6 is 11.6 Å². The van der Waals surface area contributed by atoms with E-state index in [-0.39, 0.29) is 6.09 Å². The Balaban J connectivity index is 1.51. The molecule has 1 amide bonds. The molecule has 1 fully saturated rings. The number of fused-ring (bicyclic) bond motifs is 1. The summed E-state index contributed by atoms with van der Waals surface area (Å²) in [5.41, 5.74) is 4.17. The first-order chi connectivity index (χ1) is 15.2. The molecular weight excluding hydrogens is 422 g/mol. The van der Waals surface area contributed by atoms with Gasteiger partial charge < -0.3 is 14.2 Å². The van der Waals surface area contributed by atoms with Gasteiger partial charge in [0.25, 0.3) is 0 Å². The Morgan fingerprint density at radius 2 is 1.81 bits per heavy atom. The van der Waals surface area contributed by atoms with Gasteiger partial charge in [0.2, 0.25) is 0 Å². The fourth-order valence-corrected chi connectivity index (χ4v) is 4.42. The maximum absolute atomic E-state index is 12.4. The number of carbonyl (C=O) groups is 1. The number of piperidine rings is 1. The summed E-state index contributed by atoms with van der Waals surface area (Å²) in [4.78, 5) is 19.2. The lowest BCUT2D eigenvalue weighted by Crippen LogP contribution is -2.42. The molecule has 0 saturated carbocycles. The molecule has 5 nitrogen and oxygen atoms in total. The fourth-order valence-electron chi connectivity index (χ4n) is 4.30. The molecule has 0 bridgehead atoms. The van der Waals surface area contributed by atoms with Gasteiger partial charge in [0.1, 0.15) is 11.4 Å². The van der Waals surface area contributed by atoms with Crippen molar-refractivity contribution in [1.29, 1.82) is 0 Å². The smallest absolute Gasteiger partial charge is 0.410 e. The second-order valence-electron chi connectivity index (χ2n) is 9.84. The van der Waals surface area contributed by atoms with Gasteiger partial charge in [-0.3, -0.25) is 0 Å². The van der Waals surface area contributed by atoms with Gasteiger partial charge in [0, 0.05) is 31.1 Å². The van der Waals surface area contributed by atoms with Gasteiger partial charge >= 0.3 is 6.09 Å². The average molecular weight is 454 g/mol. The van der Waals surface area contributed by atoms with Crippen LogP contribution in [0.25, 0.3) is 11.0 Å². The van der Waals surface area contributed by atoms with Crippen LogP contribution in [0.4, 0.5) is 4.79 Å². The largest absolute Gasteiger partial charge is 0.444 e. The van der Waals surface area contributed by atoms with E-state index in [0.29, 0.717) is 5.92 Å². The summed E-state index contributed by atoms with van der Waals surface area (Å²) < 4.78 is 7.92. The first kappa shape index (κ1) is 22.7. The van der Waals surface area contributed by atoms with E-state index in [9.17, 15) is 4.79 Å². The van der Waals surface area contributed by atoms with Gasteiger partial charge in [-0.2, -0.15) is 0 Å². The summed E-state index contributed by atoms with van der Waals surface area (Å²) in [6.07, 6.45) is 2.49. The molecule has 0 spiro atoms. The topological polar surface area (TPSA) is 47.4 Å². The third kappa shape index (κ3) is 5.44. The predicted molar refractivity (Wildman–Crippen MR) is 129 cm³/mol. The summed E-state index contributed by atoms with van der Waals surface area (Å²) in [5, 5.41) is 0.745. The maximum Gasteiger partial charge on any atom is 0.410 e. The standard InChI is InChI=1S/C26H32ClN3O2/c1-18-5-10-23-22(15-18)28-24(16-19-6-8-21(27)9-7-19)30(23)17-20-11-13-29(14-12-20)25(31)32-26(2,3)4/h5-10,15,20H,11-14,16-17H2,1-4H3. The van der Waals surface area contributed by atoms with Gasteiger partial charge in [-0.25, -0.2) is 9.78 Å². The van der Waals surface area contributed by atoms with Crippen molar-refractivity contribution in [3.8, 4) is 0 Å². The van der Waals surface area contributed by atoms with Crippen molar-refractivity contribution in [3.63, 3.8) is 0 Å². The summed E-state index contributed by atoms with van der Waals surface area (Å²) in [7, 11) is 0. The molecule has 1 aliphatic rings. The van der Waals surface area contributed by atoms with Crippen LogP contribution in [0, 0.1) is 12.8 Å². The van der Waals surface area contributed by atoms with E-state index in [1.807, 2.05) is 37.8 Å². The van der Waals surface area contributed by atoms with E-state index >= 15 is 0 Å². The van der Waals surface area contributed by atoms with Gasteiger partial charge in [0.05, 0.1) is 11.0 Å². The highest BCUT2D eigenvalue weighted by Crippen LogP contribution is 2.26. The lowest BCUT2D eigenvalue weighted by atomic mass is 9.96. The van der Waals surface area contributed by atoms with Crippen LogP contribution in [0.2, 0.25) is 5.02 Å². The number of aryl methyl sites for hydroxylation is 1. The van der Waals surface area contributed by atoms with E-state index in [1.165, 1.54) is 16.6 Å². The number of amides is 1. The maximum atomic E-state index is 12.4. The molecule has 0 aliphatic carbocycles. The molecule has 170 valence electrons. The molecule has 1 aromatic heterocycles. The molecule has 0 atom stereocenters. The van der Waals surface area contributed by atoms with Gasteiger partial charge in [-0.1, -0.05) is 29.8 Å². The van der Waals surface area contributed by atoms with Gasteiger partial charge in [-0.15, -0.1) is 0 Å². The fraction of sp³-hybridized carbons (Fsp3) is 0.462. The highest BCUT2D eigenvalue weighted by atomic mass is 35.5. The summed E-state index contributed by atoms with van der Waals surface area (Å²) in [6.45, 7) is 10.2. The third-order valence-electron chi connectivity index (χ3n) is 5.97. The normalized spacial score (nSPS) is 15.3. The Bertz CT molecular complexity index is 1090. The summed E-state index contributed by atoms with van der Waals surface area (Å²) in [5.74, 6) is 1.57. The van der Waals surface area contributed by atoms with Crippen molar-refractivity contribution in [1.82, 2.24) is 14.5 Å². The second-order valence-corrected chi connectivity index (χ2v) is 10.3. The summed E-state index contributed by atoms with van der Waals surface area (Å²) in [6, 6.07) is 14.5. The van der Waals surface area contributed by atoms with Crippen molar-refractivity contribution < 1.29 is 9.53 Å². The zero-order chi connectivity index (χ0) is 22.9. The van der Waals surface area contributed by atoms with Crippen molar-refractivity contribution in [2.45, 2.75) is 59.1 Å². The Morgan fingerprint density at radius 1 is 1.12 bits per heavy atom. The van der Waals surface area contributed by atoms with E-state index in [0.717, 1.165) is 55.3 Å². The molecule has 1 saturated heterocycles. The molecule has 0 unspecified atom stereocenters. The lowest BCUT2D eigenvalue weighted by Gasteiger charge is -2.33. The Morgan fingerprint density at radius 3 is 2.47 bits per heavy atom. The quantitative estimate of drug-likeness (QED) is 0.470. The van der Waals surface area contributed by atoms with Gasteiger partial charge in [-0.05, 0) is 81.8 Å². The molecule has 0 radical (unpaired) electrons. The number of rotatable bonds is 4.